The van der Waals surface area contributed by atoms with Crippen molar-refractivity contribution in [3.8, 4) is 0 Å². The van der Waals surface area contributed by atoms with Crippen molar-refractivity contribution in [2.24, 2.45) is 11.8 Å². The van der Waals surface area contributed by atoms with Gasteiger partial charge in [-0.25, -0.2) is 0 Å². The highest BCUT2D eigenvalue weighted by Crippen LogP contribution is 2.14. The van der Waals surface area contributed by atoms with Crippen LogP contribution < -0.4 is 5.32 Å². The molecule has 0 unspecified atom stereocenters. The second-order valence-electron chi connectivity index (χ2n) is 2.58. The average molecular weight is 129 g/mol. The van der Waals surface area contributed by atoms with Gasteiger partial charge in [-0.05, 0) is 12.5 Å². The van der Waals surface area contributed by atoms with Gasteiger partial charge < -0.3 is 10.4 Å². The summed E-state index contributed by atoms with van der Waals surface area (Å²) in [5, 5.41) is 11.6. The van der Waals surface area contributed by atoms with Gasteiger partial charge in [-0.15, -0.1) is 0 Å². The van der Waals surface area contributed by atoms with E-state index in [2.05, 4.69) is 5.32 Å². The Morgan fingerprint density at radius 2 is 2.33 bits per heavy atom. The van der Waals surface area contributed by atoms with Crippen LogP contribution in [-0.2, 0) is 4.79 Å². The standard InChI is InChI=1S/C6H11NO2/c1-4-2-7-3-5(4)6(8)9/h4-5,7H,2-3H2,1H3,(H,8,9)/t4-,5-/m1/s1. The van der Waals surface area contributed by atoms with Crippen LogP contribution in [0.4, 0.5) is 0 Å². The summed E-state index contributed by atoms with van der Waals surface area (Å²) in [5.41, 5.74) is 0. The molecule has 1 aliphatic rings. The van der Waals surface area contributed by atoms with Gasteiger partial charge in [0, 0.05) is 6.54 Å². The zero-order valence-corrected chi connectivity index (χ0v) is 5.42. The molecule has 0 spiro atoms. The Morgan fingerprint density at radius 3 is 2.56 bits per heavy atom. The summed E-state index contributed by atoms with van der Waals surface area (Å²) >= 11 is 0. The third-order valence-electron chi connectivity index (χ3n) is 1.83. The van der Waals surface area contributed by atoms with E-state index in [9.17, 15) is 4.79 Å². The molecule has 0 aliphatic carbocycles. The molecule has 9 heavy (non-hydrogen) atoms. The van der Waals surface area contributed by atoms with E-state index >= 15 is 0 Å². The van der Waals surface area contributed by atoms with E-state index in [0.717, 1.165) is 6.54 Å². The Morgan fingerprint density at radius 1 is 1.67 bits per heavy atom. The Kier molecular flexibility index (Phi) is 1.71. The monoisotopic (exact) mass is 129 g/mol. The summed E-state index contributed by atoms with van der Waals surface area (Å²) in [7, 11) is 0. The Balaban J connectivity index is 2.49. The quantitative estimate of drug-likeness (QED) is 0.521. The van der Waals surface area contributed by atoms with Crippen LogP contribution in [0.15, 0.2) is 0 Å². The number of nitrogens with one attached hydrogen (secondary N) is 1. The number of hydrogen-bond donors (Lipinski definition) is 2. The molecule has 1 rings (SSSR count). The lowest BCUT2D eigenvalue weighted by Gasteiger charge is -2.05. The topological polar surface area (TPSA) is 49.3 Å². The second-order valence-corrected chi connectivity index (χ2v) is 2.58. The lowest BCUT2D eigenvalue weighted by Crippen LogP contribution is -2.20. The number of rotatable bonds is 1. The molecule has 3 heteroatoms. The minimum Gasteiger partial charge on any atom is -0.481 e. The molecule has 2 atom stereocenters. The lowest BCUT2D eigenvalue weighted by atomic mass is 9.99. The molecule has 52 valence electrons. The van der Waals surface area contributed by atoms with Crippen LogP contribution in [-0.4, -0.2) is 24.2 Å². The maximum Gasteiger partial charge on any atom is 0.308 e. The average Bonchev–Trinajstić information content (AvgIpc) is 2.13. The fraction of sp³-hybridized carbons (Fsp3) is 0.833. The molecule has 1 heterocycles. The first-order valence-corrected chi connectivity index (χ1v) is 3.15. The highest BCUT2D eigenvalue weighted by molar-refractivity contribution is 5.71. The van der Waals surface area contributed by atoms with Crippen molar-refractivity contribution in [2.75, 3.05) is 13.1 Å². The molecule has 0 saturated carbocycles. The Bertz CT molecular complexity index is 124. The van der Waals surface area contributed by atoms with E-state index in [-0.39, 0.29) is 5.92 Å². The van der Waals surface area contributed by atoms with Gasteiger partial charge in [-0.3, -0.25) is 4.79 Å². The van der Waals surface area contributed by atoms with Crippen LogP contribution in [0.3, 0.4) is 0 Å². The van der Waals surface area contributed by atoms with Crippen molar-refractivity contribution in [1.82, 2.24) is 5.32 Å². The van der Waals surface area contributed by atoms with Crippen molar-refractivity contribution in [3.05, 3.63) is 0 Å². The third-order valence-corrected chi connectivity index (χ3v) is 1.83. The smallest absolute Gasteiger partial charge is 0.308 e. The van der Waals surface area contributed by atoms with Crippen molar-refractivity contribution in [3.63, 3.8) is 0 Å². The normalized spacial score (nSPS) is 34.8. The van der Waals surface area contributed by atoms with E-state index < -0.39 is 5.97 Å². The summed E-state index contributed by atoms with van der Waals surface area (Å²) in [4.78, 5) is 10.4. The summed E-state index contributed by atoms with van der Waals surface area (Å²) in [5.74, 6) is -0.542. The second kappa shape index (κ2) is 2.35. The zero-order valence-electron chi connectivity index (χ0n) is 5.42. The summed E-state index contributed by atoms with van der Waals surface area (Å²) in [6.45, 7) is 3.44. The first-order chi connectivity index (χ1) is 4.22. The molecule has 1 aliphatic heterocycles. The minimum atomic E-state index is -0.674. The summed E-state index contributed by atoms with van der Waals surface area (Å²) in [6.07, 6.45) is 0. The number of carboxylic acid groups (broad SMARTS) is 1. The molecule has 1 fully saturated rings. The molecule has 2 N–H and O–H groups in total. The van der Waals surface area contributed by atoms with Gasteiger partial charge in [-0.1, -0.05) is 6.92 Å². The maximum atomic E-state index is 10.4. The van der Waals surface area contributed by atoms with Crippen LogP contribution in [0.2, 0.25) is 0 Å². The molecule has 0 amide bonds. The third kappa shape index (κ3) is 1.21. The van der Waals surface area contributed by atoms with Gasteiger partial charge in [0.2, 0.25) is 0 Å². The molecule has 0 bridgehead atoms. The van der Waals surface area contributed by atoms with Gasteiger partial charge in [0.15, 0.2) is 0 Å². The Hall–Kier alpha value is -0.570. The summed E-state index contributed by atoms with van der Waals surface area (Å²) < 4.78 is 0. The van der Waals surface area contributed by atoms with E-state index in [1.54, 1.807) is 0 Å². The number of carbonyl (C=O) groups is 1. The van der Waals surface area contributed by atoms with E-state index in [1.807, 2.05) is 6.92 Å². The molecule has 0 aromatic rings. The van der Waals surface area contributed by atoms with E-state index in [0.29, 0.717) is 12.5 Å². The predicted octanol–water partition coefficient (Wildman–Crippen LogP) is -0.0735. The van der Waals surface area contributed by atoms with Crippen LogP contribution in [0.25, 0.3) is 0 Å². The Labute approximate surface area is 54.1 Å². The minimum absolute atomic E-state index is 0.162. The SMILES string of the molecule is C[C@@H]1CNC[C@H]1C(=O)O. The lowest BCUT2D eigenvalue weighted by molar-refractivity contribution is -0.142. The molecule has 0 aromatic heterocycles. The van der Waals surface area contributed by atoms with Crippen molar-refractivity contribution >= 4 is 5.97 Å². The highest BCUT2D eigenvalue weighted by Gasteiger charge is 2.28. The fourth-order valence-electron chi connectivity index (χ4n) is 1.14. The van der Waals surface area contributed by atoms with Crippen LogP contribution in [0.5, 0.6) is 0 Å². The van der Waals surface area contributed by atoms with Gasteiger partial charge in [-0.2, -0.15) is 0 Å². The predicted molar refractivity (Wildman–Crippen MR) is 33.2 cm³/mol. The molecule has 1 saturated heterocycles. The largest absolute Gasteiger partial charge is 0.481 e. The molecular weight excluding hydrogens is 118 g/mol. The molecule has 0 aromatic carbocycles. The zero-order chi connectivity index (χ0) is 6.85. The van der Waals surface area contributed by atoms with Crippen LogP contribution in [0, 0.1) is 11.8 Å². The van der Waals surface area contributed by atoms with Crippen LogP contribution in [0.1, 0.15) is 6.92 Å². The van der Waals surface area contributed by atoms with Gasteiger partial charge in [0.05, 0.1) is 5.92 Å². The van der Waals surface area contributed by atoms with E-state index in [4.69, 9.17) is 5.11 Å². The maximum absolute atomic E-state index is 10.4. The van der Waals surface area contributed by atoms with Gasteiger partial charge >= 0.3 is 5.97 Å². The van der Waals surface area contributed by atoms with Crippen molar-refractivity contribution < 1.29 is 9.90 Å². The number of carboxylic acids is 1. The first kappa shape index (κ1) is 6.55. The number of hydrogen-bond acceptors (Lipinski definition) is 2. The van der Waals surface area contributed by atoms with Crippen molar-refractivity contribution in [1.29, 1.82) is 0 Å². The fourth-order valence-corrected chi connectivity index (χ4v) is 1.14. The van der Waals surface area contributed by atoms with Gasteiger partial charge in [0.1, 0.15) is 0 Å². The molecule has 0 radical (unpaired) electrons. The number of aliphatic carboxylic acids is 1. The first-order valence-electron chi connectivity index (χ1n) is 3.15. The highest BCUT2D eigenvalue weighted by atomic mass is 16.4. The molecule has 3 nitrogen and oxygen atoms in total. The van der Waals surface area contributed by atoms with Gasteiger partial charge in [0.25, 0.3) is 0 Å². The van der Waals surface area contributed by atoms with Crippen LogP contribution >= 0.6 is 0 Å². The molecular formula is C6H11NO2. The van der Waals surface area contributed by atoms with Crippen molar-refractivity contribution in [2.45, 2.75) is 6.92 Å². The summed E-state index contributed by atoms with van der Waals surface area (Å²) in [6, 6.07) is 0. The van der Waals surface area contributed by atoms with E-state index in [1.165, 1.54) is 0 Å².